The number of hydrogen-bond acceptors (Lipinski definition) is 1. The topological polar surface area (TPSA) is 13.1 Å². The van der Waals surface area contributed by atoms with Crippen LogP contribution in [0.15, 0.2) is 39.8 Å². The van der Waals surface area contributed by atoms with Crippen LogP contribution in [0.4, 0.5) is 0 Å². The molecule has 6 aliphatic rings. The van der Waals surface area contributed by atoms with Gasteiger partial charge >= 0.3 is 0 Å². The van der Waals surface area contributed by atoms with Crippen molar-refractivity contribution in [2.45, 2.75) is 104 Å². The van der Waals surface area contributed by atoms with Gasteiger partial charge in [-0.05, 0) is 89.5 Å². The normalized spacial score (nSPS) is 33.1. The second kappa shape index (κ2) is 8.93. The Hall–Kier alpha value is -1.69. The third-order valence-electron chi connectivity index (χ3n) is 10.2. The third kappa shape index (κ3) is 4.92. The summed E-state index contributed by atoms with van der Waals surface area (Å²) in [4.78, 5) is 0. The first-order valence-electron chi connectivity index (χ1n) is 14.6. The summed E-state index contributed by atoms with van der Waals surface area (Å²) in [5, 5.41) is 0. The summed E-state index contributed by atoms with van der Waals surface area (Å²) >= 11 is 0. The number of hydrogen-bond donors (Lipinski definition) is 0. The van der Waals surface area contributed by atoms with Gasteiger partial charge in [-0.3, -0.25) is 0 Å². The molecule has 6 aliphatic carbocycles. The second-order valence-corrected chi connectivity index (χ2v) is 25.2. The molecule has 1 aromatic heterocycles. The molecule has 7 rings (SSSR count). The monoisotopic (exact) mass is 528 g/mol. The van der Waals surface area contributed by atoms with Crippen LogP contribution in [-0.4, -0.2) is 16.1 Å². The summed E-state index contributed by atoms with van der Waals surface area (Å²) in [6.07, 6.45) is 9.82. The third-order valence-corrected chi connectivity index (χ3v) is 12.0. The van der Waals surface area contributed by atoms with E-state index < -0.39 is 16.1 Å². The Morgan fingerprint density at radius 2 is 1.51 bits per heavy atom. The Bertz CT molecular complexity index is 1250. The molecule has 4 saturated carbocycles. The zero-order valence-electron chi connectivity index (χ0n) is 25.0. The van der Waals surface area contributed by atoms with Crippen molar-refractivity contribution in [3.63, 3.8) is 0 Å². The Kier molecular flexibility index (Phi) is 6.49. The van der Waals surface area contributed by atoms with E-state index in [9.17, 15) is 0 Å². The van der Waals surface area contributed by atoms with Gasteiger partial charge in [-0.2, -0.15) is 0 Å². The van der Waals surface area contributed by atoms with Crippen molar-refractivity contribution < 1.29 is 4.42 Å². The first-order valence-corrected chi connectivity index (χ1v) is 21.6. The molecular formula is C34H48OSi2. The van der Waals surface area contributed by atoms with E-state index >= 15 is 0 Å². The molecule has 0 amide bonds. The maximum atomic E-state index is 6.84. The molecule has 6 atom stereocenters. The van der Waals surface area contributed by atoms with Crippen LogP contribution in [0.2, 0.25) is 39.3 Å². The van der Waals surface area contributed by atoms with Crippen LogP contribution in [0.5, 0.6) is 0 Å². The van der Waals surface area contributed by atoms with Gasteiger partial charge in [0.1, 0.15) is 27.7 Å². The van der Waals surface area contributed by atoms with Gasteiger partial charge in [0.25, 0.3) is 0 Å². The highest BCUT2D eigenvalue weighted by atomic mass is 28.3. The molecule has 0 radical (unpaired) electrons. The van der Waals surface area contributed by atoms with Crippen LogP contribution < -0.4 is 0 Å². The highest BCUT2D eigenvalue weighted by Crippen LogP contribution is 2.65. The molecule has 0 N–H and O–H groups in total. The number of allylic oxidation sites excluding steroid dienone is 4. The molecule has 198 valence electrons. The Morgan fingerprint density at radius 1 is 0.865 bits per heavy atom. The van der Waals surface area contributed by atoms with Crippen LogP contribution >= 0.6 is 0 Å². The minimum Gasteiger partial charge on any atom is -0.464 e. The molecule has 4 bridgehead atoms. The molecule has 0 aromatic carbocycles. The van der Waals surface area contributed by atoms with Gasteiger partial charge in [-0.25, -0.2) is 0 Å². The van der Waals surface area contributed by atoms with Gasteiger partial charge in [0.05, 0.1) is 5.92 Å². The average molecular weight is 529 g/mol. The lowest BCUT2D eigenvalue weighted by Gasteiger charge is -2.59. The summed E-state index contributed by atoms with van der Waals surface area (Å²) in [6, 6.07) is 4.53. The molecule has 1 nitrogen and oxygen atoms in total. The minimum absolute atomic E-state index is 0.0969. The van der Waals surface area contributed by atoms with Gasteiger partial charge < -0.3 is 4.42 Å². The minimum atomic E-state index is -1.50. The maximum Gasteiger partial charge on any atom is 0.129 e. The maximum absolute atomic E-state index is 6.84. The van der Waals surface area contributed by atoms with Crippen LogP contribution in [0.25, 0.3) is 0 Å². The standard InChI is InChI=1S/C34H48OSi2/c1-33(2)23-13-14-26(29(33)21-23)27(17-19-37(8,9)10)31-15-16-32(35-31)28-20-24-22-30(34(24,3)4)25(28)12-11-18-36(5,6)7/h12,14-16,23-24,27-30H,13,20-22H2,1-10H3/b25-12-/t23-,24+,27?,28+,29+,30+/m1/s1. The van der Waals surface area contributed by atoms with E-state index in [4.69, 9.17) is 4.42 Å². The molecule has 0 spiro atoms. The highest BCUT2D eigenvalue weighted by Gasteiger charge is 2.56. The van der Waals surface area contributed by atoms with E-state index in [0.717, 1.165) is 23.4 Å². The Balaban J connectivity index is 1.50. The van der Waals surface area contributed by atoms with Gasteiger partial charge in [0.15, 0.2) is 0 Å². The van der Waals surface area contributed by atoms with Crippen LogP contribution in [0.3, 0.4) is 0 Å². The van der Waals surface area contributed by atoms with Gasteiger partial charge in [0, 0.05) is 5.92 Å². The predicted molar refractivity (Wildman–Crippen MR) is 163 cm³/mol. The summed E-state index contributed by atoms with van der Waals surface area (Å²) < 4.78 is 6.84. The van der Waals surface area contributed by atoms with Crippen molar-refractivity contribution in [2.24, 2.45) is 34.5 Å². The fraction of sp³-hybridized carbons (Fsp3) is 0.647. The molecule has 0 saturated heterocycles. The molecule has 0 aliphatic heterocycles. The van der Waals surface area contributed by atoms with Crippen LogP contribution in [0, 0.1) is 57.4 Å². The van der Waals surface area contributed by atoms with Crippen molar-refractivity contribution >= 4 is 16.1 Å². The van der Waals surface area contributed by atoms with E-state index in [1.807, 2.05) is 0 Å². The fourth-order valence-electron chi connectivity index (χ4n) is 7.50. The lowest BCUT2D eigenvalue weighted by atomic mass is 9.45. The predicted octanol–water partition coefficient (Wildman–Crippen LogP) is 9.19. The van der Waals surface area contributed by atoms with Crippen LogP contribution in [0.1, 0.15) is 76.7 Å². The van der Waals surface area contributed by atoms with Gasteiger partial charge in [-0.15, -0.1) is 11.1 Å². The molecular weight excluding hydrogens is 481 g/mol. The van der Waals surface area contributed by atoms with Crippen molar-refractivity contribution in [3.8, 4) is 22.9 Å². The summed E-state index contributed by atoms with van der Waals surface area (Å²) in [6.45, 7) is 23.9. The highest BCUT2D eigenvalue weighted by molar-refractivity contribution is 6.84. The van der Waals surface area contributed by atoms with E-state index in [1.165, 1.54) is 36.8 Å². The largest absolute Gasteiger partial charge is 0.464 e. The summed E-state index contributed by atoms with van der Waals surface area (Å²) in [7, 11) is -2.90. The molecule has 37 heavy (non-hydrogen) atoms. The SMILES string of the molecule is CC1(C)[C@@H]2CC=C(C(C#C[Si](C)(C)C)c3ccc([C@H]4C[C@H]5C[C@@H](/C4=C\C#C[Si](C)(C)C)C5(C)C)o3)[C@@H]1C2. The van der Waals surface area contributed by atoms with E-state index in [0.29, 0.717) is 28.6 Å². The van der Waals surface area contributed by atoms with Gasteiger partial charge in [-0.1, -0.05) is 84.9 Å². The smallest absolute Gasteiger partial charge is 0.129 e. The second-order valence-electron chi connectivity index (χ2n) is 15.7. The lowest BCUT2D eigenvalue weighted by Crippen LogP contribution is -2.51. The molecule has 1 aromatic rings. The lowest BCUT2D eigenvalue weighted by molar-refractivity contribution is -0.0375. The zero-order chi connectivity index (χ0) is 27.0. The van der Waals surface area contributed by atoms with E-state index in [1.54, 1.807) is 0 Å². The molecule has 4 fully saturated rings. The van der Waals surface area contributed by atoms with E-state index in [2.05, 4.69) is 114 Å². The zero-order valence-corrected chi connectivity index (χ0v) is 27.0. The molecule has 1 heterocycles. The van der Waals surface area contributed by atoms with Crippen molar-refractivity contribution in [1.82, 2.24) is 0 Å². The van der Waals surface area contributed by atoms with Gasteiger partial charge in [0.2, 0.25) is 0 Å². The number of rotatable bonds is 3. The first kappa shape index (κ1) is 26.9. The number of furan rings is 1. The number of fused-ring (bicyclic) bond motifs is 3. The van der Waals surface area contributed by atoms with E-state index in [-0.39, 0.29) is 5.92 Å². The van der Waals surface area contributed by atoms with Crippen molar-refractivity contribution in [2.75, 3.05) is 0 Å². The Morgan fingerprint density at radius 3 is 2.11 bits per heavy atom. The first-order chi connectivity index (χ1) is 17.1. The molecule has 1 unspecified atom stereocenters. The van der Waals surface area contributed by atoms with Crippen LogP contribution in [-0.2, 0) is 0 Å². The fourth-order valence-corrected chi connectivity index (χ4v) is 8.58. The van der Waals surface area contributed by atoms with Crippen molar-refractivity contribution in [3.05, 3.63) is 47.0 Å². The summed E-state index contributed by atoms with van der Waals surface area (Å²) in [5.74, 6) is 12.8. The Labute approximate surface area is 229 Å². The quantitative estimate of drug-likeness (QED) is 0.216. The van der Waals surface area contributed by atoms with Crippen molar-refractivity contribution in [1.29, 1.82) is 0 Å². The molecule has 3 heteroatoms. The average Bonchev–Trinajstić information content (AvgIpc) is 3.27. The summed E-state index contributed by atoms with van der Waals surface area (Å²) in [5.41, 5.74) is 11.1.